The first-order valence-corrected chi connectivity index (χ1v) is 3.76. The second-order valence-electron chi connectivity index (χ2n) is 3.03. The number of likely N-dealkylation sites (N-methyl/N-ethyl adjacent to an activating group) is 1. The Morgan fingerprint density at radius 2 is 2.40 bits per heavy atom. The van der Waals surface area contributed by atoms with Crippen LogP contribution in [0, 0.1) is 0 Å². The average Bonchev–Trinajstić information content (AvgIpc) is 1.88. The molecule has 2 unspecified atom stereocenters. The van der Waals surface area contributed by atoms with Crippen LogP contribution >= 0.6 is 0 Å². The summed E-state index contributed by atoms with van der Waals surface area (Å²) >= 11 is 0. The van der Waals surface area contributed by atoms with E-state index in [9.17, 15) is 0 Å². The third-order valence-electron chi connectivity index (χ3n) is 1.88. The fraction of sp³-hybridized carbons (Fsp3) is 1.00. The highest BCUT2D eigenvalue weighted by Gasteiger charge is 2.20. The van der Waals surface area contributed by atoms with Crippen molar-refractivity contribution < 1.29 is 4.74 Å². The van der Waals surface area contributed by atoms with E-state index in [-0.39, 0.29) is 12.1 Å². The highest BCUT2D eigenvalue weighted by molar-refractivity contribution is 4.75. The van der Waals surface area contributed by atoms with Crippen molar-refractivity contribution >= 4 is 0 Å². The van der Waals surface area contributed by atoms with Crippen molar-refractivity contribution in [3.8, 4) is 0 Å². The van der Waals surface area contributed by atoms with E-state index in [1.807, 2.05) is 6.92 Å². The molecule has 1 aliphatic rings. The molecule has 0 spiro atoms. The van der Waals surface area contributed by atoms with Crippen molar-refractivity contribution in [3.63, 3.8) is 0 Å². The molecule has 0 aromatic carbocycles. The molecule has 3 nitrogen and oxygen atoms in total. The number of nitrogens with two attached hydrogens (primary N) is 1. The molecule has 0 saturated carbocycles. The Balaban J connectivity index is 2.32. The van der Waals surface area contributed by atoms with Crippen molar-refractivity contribution in [2.24, 2.45) is 5.73 Å². The second-order valence-corrected chi connectivity index (χ2v) is 3.03. The number of rotatable bonds is 1. The van der Waals surface area contributed by atoms with E-state index in [1.54, 1.807) is 0 Å². The van der Waals surface area contributed by atoms with Gasteiger partial charge < -0.3 is 15.4 Å². The van der Waals surface area contributed by atoms with E-state index in [4.69, 9.17) is 10.5 Å². The van der Waals surface area contributed by atoms with Crippen molar-refractivity contribution in [1.82, 2.24) is 4.90 Å². The summed E-state index contributed by atoms with van der Waals surface area (Å²) in [5.41, 5.74) is 5.68. The quantitative estimate of drug-likeness (QED) is 0.547. The van der Waals surface area contributed by atoms with Crippen LogP contribution in [0.25, 0.3) is 0 Å². The van der Waals surface area contributed by atoms with Crippen LogP contribution in [0.2, 0.25) is 0 Å². The lowest BCUT2D eigenvalue weighted by atomic mass is 10.2. The van der Waals surface area contributed by atoms with Gasteiger partial charge in [0.15, 0.2) is 0 Å². The van der Waals surface area contributed by atoms with Gasteiger partial charge in [-0.25, -0.2) is 0 Å². The van der Waals surface area contributed by atoms with Gasteiger partial charge in [0.25, 0.3) is 0 Å². The van der Waals surface area contributed by atoms with E-state index >= 15 is 0 Å². The molecule has 0 aliphatic carbocycles. The minimum atomic E-state index is 0.155. The second kappa shape index (κ2) is 3.32. The molecule has 0 amide bonds. The van der Waals surface area contributed by atoms with Gasteiger partial charge in [0, 0.05) is 19.1 Å². The van der Waals surface area contributed by atoms with E-state index in [0.717, 1.165) is 19.7 Å². The van der Waals surface area contributed by atoms with Gasteiger partial charge >= 0.3 is 0 Å². The molecule has 0 radical (unpaired) electrons. The lowest BCUT2D eigenvalue weighted by Gasteiger charge is -2.32. The Morgan fingerprint density at radius 3 is 2.80 bits per heavy atom. The summed E-state index contributed by atoms with van der Waals surface area (Å²) < 4.78 is 5.44. The highest BCUT2D eigenvalue weighted by atomic mass is 16.5. The van der Waals surface area contributed by atoms with Gasteiger partial charge in [-0.1, -0.05) is 0 Å². The van der Waals surface area contributed by atoms with Crippen molar-refractivity contribution in [2.45, 2.75) is 19.1 Å². The number of morpholine rings is 1. The topological polar surface area (TPSA) is 38.5 Å². The summed E-state index contributed by atoms with van der Waals surface area (Å²) in [6.45, 7) is 4.81. The van der Waals surface area contributed by atoms with Crippen LogP contribution in [-0.2, 0) is 4.74 Å². The Morgan fingerprint density at radius 1 is 1.70 bits per heavy atom. The summed E-state index contributed by atoms with van der Waals surface area (Å²) in [5.74, 6) is 0. The largest absolute Gasteiger partial charge is 0.374 e. The van der Waals surface area contributed by atoms with Crippen molar-refractivity contribution in [1.29, 1.82) is 0 Å². The molecular formula is C7H16N2O. The van der Waals surface area contributed by atoms with Gasteiger partial charge in [0.05, 0.1) is 12.7 Å². The van der Waals surface area contributed by atoms with Crippen LogP contribution in [0.1, 0.15) is 6.92 Å². The maximum Gasteiger partial charge on any atom is 0.0850 e. The molecule has 0 aromatic heterocycles. The first-order valence-electron chi connectivity index (χ1n) is 3.76. The van der Waals surface area contributed by atoms with E-state index in [0.29, 0.717) is 0 Å². The first kappa shape index (κ1) is 7.98. The van der Waals surface area contributed by atoms with Crippen LogP contribution in [0.5, 0.6) is 0 Å². The number of hydrogen-bond acceptors (Lipinski definition) is 3. The minimum absolute atomic E-state index is 0.155. The summed E-state index contributed by atoms with van der Waals surface area (Å²) in [6, 6.07) is 0.155. The molecule has 1 rings (SSSR count). The normalized spacial score (nSPS) is 32.1. The summed E-state index contributed by atoms with van der Waals surface area (Å²) in [4.78, 5) is 2.25. The van der Waals surface area contributed by atoms with Gasteiger partial charge in [0.2, 0.25) is 0 Å². The number of hydrogen-bond donors (Lipinski definition) is 1. The smallest absolute Gasteiger partial charge is 0.0850 e. The SMILES string of the molecule is CC(N)C1CN(C)CCO1. The maximum atomic E-state index is 5.68. The third-order valence-corrected chi connectivity index (χ3v) is 1.88. The van der Waals surface area contributed by atoms with Gasteiger partial charge in [-0.2, -0.15) is 0 Å². The van der Waals surface area contributed by atoms with Crippen LogP contribution in [0.3, 0.4) is 0 Å². The summed E-state index contributed by atoms with van der Waals surface area (Å²) in [7, 11) is 2.10. The van der Waals surface area contributed by atoms with Crippen LogP contribution in [0.15, 0.2) is 0 Å². The molecular weight excluding hydrogens is 128 g/mol. The van der Waals surface area contributed by atoms with Gasteiger partial charge in [0.1, 0.15) is 0 Å². The van der Waals surface area contributed by atoms with E-state index in [2.05, 4.69) is 11.9 Å². The van der Waals surface area contributed by atoms with Crippen LogP contribution < -0.4 is 5.73 Å². The molecule has 0 bridgehead atoms. The molecule has 0 aromatic rings. The van der Waals surface area contributed by atoms with Crippen LogP contribution in [-0.4, -0.2) is 43.8 Å². The fourth-order valence-electron chi connectivity index (χ4n) is 1.13. The number of nitrogens with zero attached hydrogens (tertiary/aromatic N) is 1. The molecule has 3 heteroatoms. The predicted octanol–water partition coefficient (Wildman–Crippen LogP) is -0.336. The lowest BCUT2D eigenvalue weighted by molar-refractivity contribution is -0.0291. The molecule has 2 atom stereocenters. The molecule has 1 aliphatic heterocycles. The Bertz CT molecular complexity index is 106. The first-order chi connectivity index (χ1) is 4.70. The summed E-state index contributed by atoms with van der Waals surface area (Å²) in [6.07, 6.45) is 0.235. The van der Waals surface area contributed by atoms with Crippen molar-refractivity contribution in [3.05, 3.63) is 0 Å². The Hall–Kier alpha value is -0.120. The van der Waals surface area contributed by atoms with E-state index < -0.39 is 0 Å². The zero-order chi connectivity index (χ0) is 7.56. The Labute approximate surface area is 62.1 Å². The van der Waals surface area contributed by atoms with Crippen molar-refractivity contribution in [2.75, 3.05) is 26.7 Å². The molecule has 1 saturated heterocycles. The zero-order valence-electron chi connectivity index (χ0n) is 6.71. The predicted molar refractivity (Wildman–Crippen MR) is 40.9 cm³/mol. The van der Waals surface area contributed by atoms with E-state index in [1.165, 1.54) is 0 Å². The monoisotopic (exact) mass is 144 g/mol. The summed E-state index contributed by atoms with van der Waals surface area (Å²) in [5, 5.41) is 0. The van der Waals surface area contributed by atoms with Crippen LogP contribution in [0.4, 0.5) is 0 Å². The average molecular weight is 144 g/mol. The Kier molecular flexibility index (Phi) is 2.65. The zero-order valence-corrected chi connectivity index (χ0v) is 6.71. The molecule has 1 fully saturated rings. The van der Waals surface area contributed by atoms with Gasteiger partial charge in [-0.15, -0.1) is 0 Å². The molecule has 60 valence electrons. The maximum absolute atomic E-state index is 5.68. The number of ether oxygens (including phenoxy) is 1. The minimum Gasteiger partial charge on any atom is -0.374 e. The lowest BCUT2D eigenvalue weighted by Crippen LogP contribution is -2.47. The molecule has 2 N–H and O–H groups in total. The highest BCUT2D eigenvalue weighted by Crippen LogP contribution is 2.04. The molecule has 10 heavy (non-hydrogen) atoms. The third kappa shape index (κ3) is 1.94. The standard InChI is InChI=1S/C7H16N2O/c1-6(8)7-5-9(2)3-4-10-7/h6-7H,3-5,8H2,1-2H3. The van der Waals surface area contributed by atoms with Gasteiger partial charge in [-0.3, -0.25) is 0 Å². The fourth-order valence-corrected chi connectivity index (χ4v) is 1.13. The molecule has 1 heterocycles. The van der Waals surface area contributed by atoms with Gasteiger partial charge in [-0.05, 0) is 14.0 Å².